The highest BCUT2D eigenvalue weighted by atomic mass is 16.4. The second-order valence-corrected chi connectivity index (χ2v) is 11.7. The number of carboxylic acid groups (broad SMARTS) is 1. The molecule has 2 fully saturated rings. The Bertz CT molecular complexity index is 957. The fourth-order valence-electron chi connectivity index (χ4n) is 7.81. The lowest BCUT2D eigenvalue weighted by molar-refractivity contribution is -0.140. The van der Waals surface area contributed by atoms with E-state index >= 15 is 0 Å². The van der Waals surface area contributed by atoms with Gasteiger partial charge in [-0.2, -0.15) is 0 Å². The van der Waals surface area contributed by atoms with Gasteiger partial charge in [0.1, 0.15) is 5.78 Å². The highest BCUT2D eigenvalue weighted by molar-refractivity contribution is 6.11. The molecule has 0 aromatic rings. The SMILES string of the molecule is C=C(CCC[C@H]1CC[C@H]2C3=C(C(=O)C[C@]12C)[C@@]1(C)CCC(=O)[C@@H](C)[C@@H]1CC3=O)C(C)C(=O)O. The number of carbonyl (C=O) groups is 4. The van der Waals surface area contributed by atoms with E-state index in [0.717, 1.165) is 42.4 Å². The maximum absolute atomic E-state index is 13.7. The average Bonchev–Trinajstić information content (AvgIpc) is 3.07. The Kier molecular flexibility index (Phi) is 6.07. The molecule has 1 N–H and O–H groups in total. The first kappa shape index (κ1) is 24.1. The first-order chi connectivity index (χ1) is 15.4. The van der Waals surface area contributed by atoms with Crippen molar-refractivity contribution in [1.29, 1.82) is 0 Å². The van der Waals surface area contributed by atoms with Gasteiger partial charge < -0.3 is 5.11 Å². The van der Waals surface area contributed by atoms with E-state index in [2.05, 4.69) is 20.4 Å². The van der Waals surface area contributed by atoms with Crippen molar-refractivity contribution in [3.05, 3.63) is 23.3 Å². The number of Topliss-reactive ketones (excluding diaryl/α,β-unsaturated/α-hetero) is 3. The predicted molar refractivity (Wildman–Crippen MR) is 125 cm³/mol. The maximum Gasteiger partial charge on any atom is 0.310 e. The number of ketones is 3. The maximum atomic E-state index is 13.7. The number of aliphatic carboxylic acids is 1. The molecule has 0 aromatic heterocycles. The van der Waals surface area contributed by atoms with Gasteiger partial charge in [0.05, 0.1) is 5.92 Å². The van der Waals surface area contributed by atoms with Gasteiger partial charge in [0.15, 0.2) is 11.6 Å². The van der Waals surface area contributed by atoms with Crippen LogP contribution in [0.2, 0.25) is 0 Å². The van der Waals surface area contributed by atoms with Crippen LogP contribution in [0.4, 0.5) is 0 Å². The molecule has 7 atom stereocenters. The van der Waals surface area contributed by atoms with Gasteiger partial charge in [-0.3, -0.25) is 19.2 Å². The zero-order chi connectivity index (χ0) is 24.3. The lowest BCUT2D eigenvalue weighted by Crippen LogP contribution is -2.52. The van der Waals surface area contributed by atoms with Crippen LogP contribution in [0.1, 0.15) is 85.5 Å². The Balaban J connectivity index is 1.57. The van der Waals surface area contributed by atoms with Gasteiger partial charge in [-0.15, -0.1) is 0 Å². The third-order valence-corrected chi connectivity index (χ3v) is 10.1. The first-order valence-corrected chi connectivity index (χ1v) is 12.7. The van der Waals surface area contributed by atoms with E-state index in [-0.39, 0.29) is 45.9 Å². The Hall–Kier alpha value is -2.04. The van der Waals surface area contributed by atoms with Crippen molar-refractivity contribution in [2.75, 3.05) is 0 Å². The fourth-order valence-corrected chi connectivity index (χ4v) is 7.81. The molecule has 0 saturated heterocycles. The standard InChI is InChI=1S/C28H38O5/c1-15(16(2)26(32)33)7-6-8-18-9-10-19-24-22(30)13-20-17(3)21(29)11-12-27(20,4)25(24)23(31)14-28(18,19)5/h16-20H,1,6-14H2,2-5H3,(H,32,33)/t16?,17-,18-,19-,20-,27-,28+/m0/s1. The normalized spacial score (nSPS) is 39.1. The minimum atomic E-state index is -0.841. The molecule has 2 saturated carbocycles. The molecule has 5 nitrogen and oxygen atoms in total. The van der Waals surface area contributed by atoms with E-state index in [1.807, 2.05) is 6.92 Å². The number of fused-ring (bicyclic) bond motifs is 4. The topological polar surface area (TPSA) is 88.5 Å². The molecule has 33 heavy (non-hydrogen) atoms. The summed E-state index contributed by atoms with van der Waals surface area (Å²) in [7, 11) is 0. The molecule has 0 heterocycles. The molecule has 4 aliphatic rings. The summed E-state index contributed by atoms with van der Waals surface area (Å²) in [5, 5.41) is 9.20. The molecule has 4 aliphatic carbocycles. The van der Waals surface area contributed by atoms with Gasteiger partial charge >= 0.3 is 5.97 Å². The van der Waals surface area contributed by atoms with E-state index in [0.29, 0.717) is 38.0 Å². The average molecular weight is 455 g/mol. The zero-order valence-corrected chi connectivity index (χ0v) is 20.5. The van der Waals surface area contributed by atoms with E-state index in [1.54, 1.807) is 6.92 Å². The molecule has 0 aromatic carbocycles. The molecule has 0 radical (unpaired) electrons. The fraction of sp³-hybridized carbons (Fsp3) is 0.714. The van der Waals surface area contributed by atoms with Crippen LogP contribution >= 0.6 is 0 Å². The smallest absolute Gasteiger partial charge is 0.310 e. The highest BCUT2D eigenvalue weighted by Gasteiger charge is 2.60. The monoisotopic (exact) mass is 454 g/mol. The molecular formula is C28H38O5. The van der Waals surface area contributed by atoms with E-state index in [4.69, 9.17) is 0 Å². The van der Waals surface area contributed by atoms with Crippen molar-refractivity contribution < 1.29 is 24.3 Å². The number of hydrogen-bond acceptors (Lipinski definition) is 4. The van der Waals surface area contributed by atoms with Gasteiger partial charge in [-0.25, -0.2) is 0 Å². The lowest BCUT2D eigenvalue weighted by atomic mass is 9.48. The number of carboxylic acids is 1. The Morgan fingerprint density at radius 1 is 1.18 bits per heavy atom. The van der Waals surface area contributed by atoms with Crippen LogP contribution in [-0.4, -0.2) is 28.4 Å². The number of carbonyl (C=O) groups excluding carboxylic acids is 3. The number of rotatable bonds is 6. The van der Waals surface area contributed by atoms with E-state index in [9.17, 15) is 24.3 Å². The van der Waals surface area contributed by atoms with Crippen molar-refractivity contribution in [3.63, 3.8) is 0 Å². The quantitative estimate of drug-likeness (QED) is 0.548. The van der Waals surface area contributed by atoms with Crippen molar-refractivity contribution in [2.45, 2.75) is 85.5 Å². The number of hydrogen-bond donors (Lipinski definition) is 1. The summed E-state index contributed by atoms with van der Waals surface area (Å²) >= 11 is 0. The Morgan fingerprint density at radius 2 is 1.88 bits per heavy atom. The van der Waals surface area contributed by atoms with Gasteiger partial charge in [0, 0.05) is 41.7 Å². The van der Waals surface area contributed by atoms with Crippen LogP contribution in [0, 0.1) is 40.4 Å². The van der Waals surface area contributed by atoms with Crippen molar-refractivity contribution in [2.24, 2.45) is 40.4 Å². The minimum absolute atomic E-state index is 0.0576. The van der Waals surface area contributed by atoms with Crippen LogP contribution in [0.5, 0.6) is 0 Å². The predicted octanol–water partition coefficient (Wildman–Crippen LogP) is 5.33. The third kappa shape index (κ3) is 3.66. The summed E-state index contributed by atoms with van der Waals surface area (Å²) in [6.45, 7) is 11.9. The Labute approximate surface area is 197 Å². The molecule has 0 spiro atoms. The summed E-state index contributed by atoms with van der Waals surface area (Å²) in [6, 6.07) is 0. The summed E-state index contributed by atoms with van der Waals surface area (Å²) in [5.41, 5.74) is 1.74. The van der Waals surface area contributed by atoms with Gasteiger partial charge in [-0.1, -0.05) is 32.9 Å². The Morgan fingerprint density at radius 3 is 2.55 bits per heavy atom. The van der Waals surface area contributed by atoms with E-state index in [1.165, 1.54) is 0 Å². The van der Waals surface area contributed by atoms with Crippen LogP contribution in [0.15, 0.2) is 23.3 Å². The summed E-state index contributed by atoms with van der Waals surface area (Å²) in [4.78, 5) is 50.8. The van der Waals surface area contributed by atoms with E-state index < -0.39 is 11.9 Å². The van der Waals surface area contributed by atoms with Crippen LogP contribution in [0.3, 0.4) is 0 Å². The molecular weight excluding hydrogens is 416 g/mol. The lowest BCUT2D eigenvalue weighted by Gasteiger charge is -2.53. The van der Waals surface area contributed by atoms with Crippen molar-refractivity contribution >= 4 is 23.3 Å². The zero-order valence-electron chi connectivity index (χ0n) is 20.5. The van der Waals surface area contributed by atoms with Crippen LogP contribution < -0.4 is 0 Å². The molecule has 4 rings (SSSR count). The summed E-state index contributed by atoms with van der Waals surface area (Å²) in [5.74, 6) is -0.691. The number of allylic oxidation sites excluding steroid dienone is 2. The van der Waals surface area contributed by atoms with Crippen LogP contribution in [0.25, 0.3) is 0 Å². The third-order valence-electron chi connectivity index (χ3n) is 10.1. The van der Waals surface area contributed by atoms with Gasteiger partial charge in [0.2, 0.25) is 0 Å². The molecule has 180 valence electrons. The minimum Gasteiger partial charge on any atom is -0.481 e. The van der Waals surface area contributed by atoms with Gasteiger partial charge in [-0.05, 0) is 68.6 Å². The molecule has 0 aliphatic heterocycles. The summed E-state index contributed by atoms with van der Waals surface area (Å²) in [6.07, 6.45) is 6.42. The highest BCUT2D eigenvalue weighted by Crippen LogP contribution is 2.64. The largest absolute Gasteiger partial charge is 0.481 e. The summed E-state index contributed by atoms with van der Waals surface area (Å²) < 4.78 is 0. The second-order valence-electron chi connectivity index (χ2n) is 11.7. The first-order valence-electron chi connectivity index (χ1n) is 12.7. The molecule has 5 heteroatoms. The molecule has 0 bridgehead atoms. The van der Waals surface area contributed by atoms with Crippen molar-refractivity contribution in [3.8, 4) is 0 Å². The van der Waals surface area contributed by atoms with Crippen LogP contribution in [-0.2, 0) is 19.2 Å². The van der Waals surface area contributed by atoms with Gasteiger partial charge in [0.25, 0.3) is 0 Å². The second kappa shape index (κ2) is 8.32. The molecule has 1 unspecified atom stereocenters. The van der Waals surface area contributed by atoms with Crippen molar-refractivity contribution in [1.82, 2.24) is 0 Å². The molecule has 0 amide bonds.